The van der Waals surface area contributed by atoms with Gasteiger partial charge in [-0.05, 0) is 18.9 Å². The van der Waals surface area contributed by atoms with Crippen LogP contribution in [0.25, 0.3) is 5.65 Å². The lowest BCUT2D eigenvalue weighted by molar-refractivity contribution is -0.122. The number of halogens is 2. The predicted molar refractivity (Wildman–Crippen MR) is 90.7 cm³/mol. The van der Waals surface area contributed by atoms with Gasteiger partial charge in [-0.2, -0.15) is 5.10 Å². The van der Waals surface area contributed by atoms with Gasteiger partial charge in [0.2, 0.25) is 5.91 Å². The fraction of sp³-hybridized carbons (Fsp3) is 0.529. The van der Waals surface area contributed by atoms with Gasteiger partial charge in [0.05, 0.1) is 29.3 Å². The topological polar surface area (TPSA) is 91.6 Å². The van der Waals surface area contributed by atoms with Gasteiger partial charge in [0, 0.05) is 25.5 Å². The molecule has 2 aliphatic heterocycles. The van der Waals surface area contributed by atoms with E-state index in [4.69, 9.17) is 0 Å². The summed E-state index contributed by atoms with van der Waals surface area (Å²) in [6.07, 6.45) is 5.04. The average molecular weight is 376 g/mol. The van der Waals surface area contributed by atoms with E-state index < -0.39 is 29.2 Å². The zero-order chi connectivity index (χ0) is 18.8. The molecule has 1 unspecified atom stereocenters. The summed E-state index contributed by atoms with van der Waals surface area (Å²) in [7, 11) is 0. The highest BCUT2D eigenvalue weighted by Crippen LogP contribution is 2.57. The molecule has 1 aliphatic carbocycles. The van der Waals surface area contributed by atoms with Gasteiger partial charge >= 0.3 is 6.03 Å². The summed E-state index contributed by atoms with van der Waals surface area (Å²) >= 11 is 0. The summed E-state index contributed by atoms with van der Waals surface area (Å²) in [5.41, 5.74) is 0.464. The second-order valence-electron chi connectivity index (χ2n) is 7.60. The molecule has 4 heterocycles. The molecule has 1 saturated carbocycles. The Morgan fingerprint density at radius 2 is 2.04 bits per heavy atom. The second kappa shape index (κ2) is 5.37. The number of alkyl halides is 2. The molecule has 0 radical (unpaired) electrons. The van der Waals surface area contributed by atoms with Gasteiger partial charge in [-0.3, -0.25) is 10.1 Å². The normalized spacial score (nSPS) is 26.1. The van der Waals surface area contributed by atoms with Crippen molar-refractivity contribution in [3.63, 3.8) is 0 Å². The largest absolute Gasteiger partial charge is 0.362 e. The number of imidazole rings is 1. The Labute approximate surface area is 152 Å². The lowest BCUT2D eigenvalue weighted by atomic mass is 9.66. The Bertz CT molecular complexity index is 954. The van der Waals surface area contributed by atoms with Crippen LogP contribution < -0.4 is 15.5 Å². The highest BCUT2D eigenvalue weighted by Gasteiger charge is 2.62. The Morgan fingerprint density at radius 3 is 2.70 bits per heavy atom. The van der Waals surface area contributed by atoms with Crippen molar-refractivity contribution in [3.8, 4) is 0 Å². The van der Waals surface area contributed by atoms with E-state index in [2.05, 4.69) is 20.7 Å². The van der Waals surface area contributed by atoms with Crippen molar-refractivity contribution in [3.05, 3.63) is 24.2 Å². The van der Waals surface area contributed by atoms with Crippen LogP contribution in [0.4, 0.5) is 19.3 Å². The first-order chi connectivity index (χ1) is 12.9. The fourth-order valence-electron chi connectivity index (χ4n) is 4.33. The summed E-state index contributed by atoms with van der Waals surface area (Å²) in [6.45, 7) is 0.00352. The number of urea groups is 1. The van der Waals surface area contributed by atoms with Gasteiger partial charge < -0.3 is 10.2 Å². The van der Waals surface area contributed by atoms with Crippen LogP contribution in [0.1, 0.15) is 30.9 Å². The van der Waals surface area contributed by atoms with E-state index in [1.807, 2.05) is 0 Å². The molecule has 3 amide bonds. The van der Waals surface area contributed by atoms with Crippen LogP contribution in [0.3, 0.4) is 0 Å². The number of hydrogen-bond donors (Lipinski definition) is 2. The number of fused-ring (bicyclic) bond motifs is 1. The van der Waals surface area contributed by atoms with Crippen LogP contribution in [-0.2, 0) is 4.79 Å². The highest BCUT2D eigenvalue weighted by atomic mass is 19.3. The van der Waals surface area contributed by atoms with E-state index >= 15 is 0 Å². The van der Waals surface area contributed by atoms with E-state index in [0.29, 0.717) is 29.9 Å². The van der Waals surface area contributed by atoms with E-state index in [-0.39, 0.29) is 19.6 Å². The van der Waals surface area contributed by atoms with Crippen LogP contribution in [0.5, 0.6) is 0 Å². The number of hydrogen-bond acceptors (Lipinski definition) is 5. The molecule has 5 rings (SSSR count). The van der Waals surface area contributed by atoms with Gasteiger partial charge in [-0.25, -0.2) is 23.1 Å². The van der Waals surface area contributed by atoms with Crippen LogP contribution in [-0.4, -0.2) is 52.1 Å². The fourth-order valence-corrected chi connectivity index (χ4v) is 4.33. The first-order valence-corrected chi connectivity index (χ1v) is 8.94. The SMILES string of the molecule is O=C1NCC(c2cc(N3CC(F)(F)C4(CCC4)C3)c3nccn3n2)C(=O)N1. The number of amides is 3. The Balaban J connectivity index is 1.56. The smallest absolute Gasteiger partial charge is 0.321 e. The zero-order valence-electron chi connectivity index (χ0n) is 14.4. The molecule has 2 saturated heterocycles. The molecule has 2 N–H and O–H groups in total. The van der Waals surface area contributed by atoms with Crippen molar-refractivity contribution in [2.24, 2.45) is 5.41 Å². The third-order valence-corrected chi connectivity index (χ3v) is 6.05. The van der Waals surface area contributed by atoms with Crippen molar-refractivity contribution in [2.75, 3.05) is 24.5 Å². The predicted octanol–water partition coefficient (Wildman–Crippen LogP) is 1.28. The molecule has 2 aromatic heterocycles. The average Bonchev–Trinajstić information content (AvgIpc) is 3.14. The molecular formula is C17H18F2N6O2. The standard InChI is InChI=1S/C17H18F2N6O2/c18-17(19)9-24(8-16(17)2-1-3-16)12-6-11(23-25-5-4-20-13(12)25)10-7-21-15(27)22-14(10)26/h4-6,10H,1-3,7-9H2,(H2,21,22,26,27). The molecule has 0 aromatic carbocycles. The summed E-state index contributed by atoms with van der Waals surface area (Å²) in [5, 5.41) is 9.18. The number of carbonyl (C=O) groups excluding carboxylic acids is 2. The number of nitrogens with one attached hydrogen (secondary N) is 2. The molecule has 10 heteroatoms. The Morgan fingerprint density at radius 1 is 1.22 bits per heavy atom. The first kappa shape index (κ1) is 16.4. The number of anilines is 1. The van der Waals surface area contributed by atoms with Crippen molar-refractivity contribution >= 4 is 23.3 Å². The van der Waals surface area contributed by atoms with Crippen LogP contribution in [0, 0.1) is 5.41 Å². The molecule has 3 aliphatic rings. The number of imide groups is 1. The summed E-state index contributed by atoms with van der Waals surface area (Å²) < 4.78 is 30.8. The molecule has 27 heavy (non-hydrogen) atoms. The molecular weight excluding hydrogens is 358 g/mol. The molecule has 2 aromatic rings. The molecule has 142 valence electrons. The van der Waals surface area contributed by atoms with Crippen molar-refractivity contribution in [2.45, 2.75) is 31.1 Å². The van der Waals surface area contributed by atoms with E-state index in [1.54, 1.807) is 23.4 Å². The van der Waals surface area contributed by atoms with Crippen molar-refractivity contribution in [1.29, 1.82) is 0 Å². The highest BCUT2D eigenvalue weighted by molar-refractivity contribution is 6.00. The summed E-state index contributed by atoms with van der Waals surface area (Å²) in [4.78, 5) is 29.4. The summed E-state index contributed by atoms with van der Waals surface area (Å²) in [5.74, 6) is -3.90. The number of carbonyl (C=O) groups is 2. The Kier molecular flexibility index (Phi) is 3.26. The quantitative estimate of drug-likeness (QED) is 0.824. The van der Waals surface area contributed by atoms with E-state index in [9.17, 15) is 18.4 Å². The minimum absolute atomic E-state index is 0.109. The maximum Gasteiger partial charge on any atom is 0.321 e. The number of aromatic nitrogens is 3. The minimum Gasteiger partial charge on any atom is -0.362 e. The van der Waals surface area contributed by atoms with Crippen molar-refractivity contribution in [1.82, 2.24) is 25.2 Å². The molecule has 1 spiro atoms. The minimum atomic E-state index is -2.76. The number of rotatable bonds is 2. The van der Waals surface area contributed by atoms with E-state index in [1.165, 1.54) is 4.52 Å². The number of nitrogens with zero attached hydrogens (tertiary/aromatic N) is 4. The molecule has 0 bridgehead atoms. The second-order valence-corrected chi connectivity index (χ2v) is 7.60. The third-order valence-electron chi connectivity index (χ3n) is 6.05. The van der Waals surface area contributed by atoms with Crippen LogP contribution >= 0.6 is 0 Å². The van der Waals surface area contributed by atoms with Gasteiger partial charge in [0.15, 0.2) is 5.65 Å². The maximum atomic E-state index is 14.7. The van der Waals surface area contributed by atoms with Crippen molar-refractivity contribution < 1.29 is 18.4 Å². The van der Waals surface area contributed by atoms with Crippen LogP contribution in [0.15, 0.2) is 18.5 Å². The van der Waals surface area contributed by atoms with Gasteiger partial charge in [-0.1, -0.05) is 6.42 Å². The molecule has 3 fully saturated rings. The van der Waals surface area contributed by atoms with E-state index in [0.717, 1.165) is 6.42 Å². The maximum absolute atomic E-state index is 14.7. The third kappa shape index (κ3) is 2.31. The first-order valence-electron chi connectivity index (χ1n) is 8.94. The molecule has 8 nitrogen and oxygen atoms in total. The summed E-state index contributed by atoms with van der Waals surface area (Å²) in [6, 6.07) is 1.10. The van der Waals surface area contributed by atoms with Gasteiger partial charge in [0.25, 0.3) is 5.92 Å². The zero-order valence-corrected chi connectivity index (χ0v) is 14.4. The van der Waals surface area contributed by atoms with Crippen LogP contribution in [0.2, 0.25) is 0 Å². The lowest BCUT2D eigenvalue weighted by Gasteiger charge is -2.41. The monoisotopic (exact) mass is 376 g/mol. The van der Waals surface area contributed by atoms with Gasteiger partial charge in [-0.15, -0.1) is 0 Å². The lowest BCUT2D eigenvalue weighted by Crippen LogP contribution is -2.51. The molecule has 1 atom stereocenters. The Hall–Kier alpha value is -2.78. The van der Waals surface area contributed by atoms with Gasteiger partial charge in [0.1, 0.15) is 0 Å².